The lowest BCUT2D eigenvalue weighted by Crippen LogP contribution is -2.21. The van der Waals surface area contributed by atoms with Crippen LogP contribution in [0.2, 0.25) is 0 Å². The molecule has 28 heavy (non-hydrogen) atoms. The maximum atomic E-state index is 6.53. The molecule has 3 N–H and O–H groups in total. The summed E-state index contributed by atoms with van der Waals surface area (Å²) in [5.41, 5.74) is 10.9. The Morgan fingerprint density at radius 1 is 1.14 bits per heavy atom. The summed E-state index contributed by atoms with van der Waals surface area (Å²) in [6, 6.07) is 16.1. The van der Waals surface area contributed by atoms with Crippen LogP contribution in [0, 0.1) is 0 Å². The zero-order valence-corrected chi connectivity index (χ0v) is 17.2. The Morgan fingerprint density at radius 2 is 1.96 bits per heavy atom. The van der Waals surface area contributed by atoms with Crippen LogP contribution < -0.4 is 5.73 Å². The summed E-state index contributed by atoms with van der Waals surface area (Å²) in [6.07, 6.45) is 2.68. The highest BCUT2D eigenvalue weighted by atomic mass is 79.9. The van der Waals surface area contributed by atoms with Gasteiger partial charge in [0.25, 0.3) is 0 Å². The van der Waals surface area contributed by atoms with Crippen LogP contribution >= 0.6 is 27.7 Å². The van der Waals surface area contributed by atoms with Gasteiger partial charge in [0, 0.05) is 27.3 Å². The second-order valence-electron chi connectivity index (χ2n) is 6.66. The van der Waals surface area contributed by atoms with Crippen molar-refractivity contribution in [3.8, 4) is 0 Å². The van der Waals surface area contributed by atoms with Crippen molar-refractivity contribution in [3.05, 3.63) is 76.2 Å². The van der Waals surface area contributed by atoms with Crippen molar-refractivity contribution >= 4 is 44.3 Å². The molecule has 0 spiro atoms. The highest BCUT2D eigenvalue weighted by molar-refractivity contribution is 9.10. The Labute approximate surface area is 174 Å². The van der Waals surface area contributed by atoms with Gasteiger partial charge >= 0.3 is 0 Å². The molecule has 0 saturated carbocycles. The van der Waals surface area contributed by atoms with Crippen LogP contribution in [-0.4, -0.2) is 31.3 Å². The van der Waals surface area contributed by atoms with Gasteiger partial charge in [-0.1, -0.05) is 58.0 Å². The van der Waals surface area contributed by atoms with Crippen LogP contribution in [-0.2, 0) is 6.42 Å². The van der Waals surface area contributed by atoms with Gasteiger partial charge in [0.2, 0.25) is 5.16 Å². The molecule has 140 valence electrons. The van der Waals surface area contributed by atoms with Crippen molar-refractivity contribution < 1.29 is 0 Å². The number of rotatable bonds is 4. The molecule has 0 aliphatic carbocycles. The molecule has 1 aliphatic heterocycles. The summed E-state index contributed by atoms with van der Waals surface area (Å²) in [7, 11) is 0. The van der Waals surface area contributed by atoms with E-state index in [0.29, 0.717) is 12.2 Å². The Bertz CT molecular complexity index is 1180. The van der Waals surface area contributed by atoms with Gasteiger partial charge < -0.3 is 10.7 Å². The summed E-state index contributed by atoms with van der Waals surface area (Å²) in [5, 5.41) is 15.4. The molecule has 1 unspecified atom stereocenters. The zero-order valence-electron chi connectivity index (χ0n) is 14.8. The van der Waals surface area contributed by atoms with E-state index in [1.54, 1.807) is 16.4 Å². The number of hydrogen-bond donors (Lipinski definition) is 2. The first-order valence-electron chi connectivity index (χ1n) is 8.91. The van der Waals surface area contributed by atoms with Gasteiger partial charge in [-0.15, -0.1) is 10.2 Å². The molecule has 0 amide bonds. The molecule has 8 heteroatoms. The Hall–Kier alpha value is -2.42. The predicted octanol–water partition coefficient (Wildman–Crippen LogP) is 4.12. The smallest absolute Gasteiger partial charge is 0.212 e. The van der Waals surface area contributed by atoms with Gasteiger partial charge in [-0.2, -0.15) is 9.78 Å². The lowest BCUT2D eigenvalue weighted by Gasteiger charge is -2.16. The van der Waals surface area contributed by atoms with E-state index >= 15 is 0 Å². The number of benzene rings is 2. The minimum Gasteiger partial charge on any atom is -0.361 e. The number of aromatic amines is 1. The fraction of sp³-hybridized carbons (Fsp3) is 0.150. The Morgan fingerprint density at radius 3 is 2.82 bits per heavy atom. The van der Waals surface area contributed by atoms with E-state index in [1.807, 2.05) is 30.5 Å². The number of fused-ring (bicyclic) bond motifs is 2. The van der Waals surface area contributed by atoms with Crippen molar-refractivity contribution in [2.24, 2.45) is 10.8 Å². The molecule has 0 bridgehead atoms. The Kier molecular flexibility index (Phi) is 4.54. The number of thioether (sulfide) groups is 1. The largest absolute Gasteiger partial charge is 0.361 e. The standard InChI is InChI=1S/C20H17BrN6S/c21-14-7-5-12(6-8-14)18-11-28-20-25-24-19(27(20)26-18)16(22)9-13-10-23-17-4-2-1-3-15(13)17/h1-8,10,16,23H,9,11,22H2. The number of nitrogens with two attached hydrogens (primary N) is 1. The van der Waals surface area contributed by atoms with Crippen molar-refractivity contribution in [1.82, 2.24) is 19.9 Å². The van der Waals surface area contributed by atoms with E-state index in [2.05, 4.69) is 55.4 Å². The van der Waals surface area contributed by atoms with E-state index in [-0.39, 0.29) is 6.04 Å². The number of H-pyrrole nitrogens is 1. The van der Waals surface area contributed by atoms with Crippen LogP contribution in [0.3, 0.4) is 0 Å². The van der Waals surface area contributed by atoms with Crippen LogP contribution in [0.4, 0.5) is 0 Å². The SMILES string of the molecule is NC(Cc1c[nH]c2ccccc12)c1nnc2n1N=C(c1ccc(Br)cc1)CS2. The van der Waals surface area contributed by atoms with Crippen molar-refractivity contribution in [1.29, 1.82) is 0 Å². The molecule has 0 radical (unpaired) electrons. The van der Waals surface area contributed by atoms with E-state index < -0.39 is 0 Å². The number of halogens is 1. The molecule has 1 atom stereocenters. The third-order valence-corrected chi connectivity index (χ3v) is 6.28. The van der Waals surface area contributed by atoms with Gasteiger partial charge in [-0.05, 0) is 35.7 Å². The monoisotopic (exact) mass is 452 g/mol. The lowest BCUT2D eigenvalue weighted by atomic mass is 10.1. The molecular formula is C20H17BrN6S. The van der Waals surface area contributed by atoms with Crippen LogP contribution in [0.25, 0.3) is 10.9 Å². The summed E-state index contributed by atoms with van der Waals surface area (Å²) in [4.78, 5) is 3.30. The van der Waals surface area contributed by atoms with E-state index in [9.17, 15) is 0 Å². The van der Waals surface area contributed by atoms with Crippen LogP contribution in [0.5, 0.6) is 0 Å². The second kappa shape index (κ2) is 7.20. The first-order valence-corrected chi connectivity index (χ1v) is 10.7. The first-order chi connectivity index (χ1) is 13.7. The van der Waals surface area contributed by atoms with E-state index in [0.717, 1.165) is 32.2 Å². The molecule has 6 nitrogen and oxygen atoms in total. The number of nitrogens with one attached hydrogen (secondary N) is 1. The van der Waals surface area contributed by atoms with E-state index in [4.69, 9.17) is 10.8 Å². The maximum Gasteiger partial charge on any atom is 0.212 e. The second-order valence-corrected chi connectivity index (χ2v) is 8.52. The topological polar surface area (TPSA) is 84.9 Å². The number of para-hydroxylation sites is 1. The normalized spacial score (nSPS) is 14.7. The molecule has 2 aromatic heterocycles. The molecule has 1 aliphatic rings. The fourth-order valence-corrected chi connectivity index (χ4v) is 4.50. The molecule has 3 heterocycles. The highest BCUT2D eigenvalue weighted by Gasteiger charge is 2.24. The molecule has 0 fully saturated rings. The number of aromatic nitrogens is 4. The molecule has 2 aromatic carbocycles. The summed E-state index contributed by atoms with van der Waals surface area (Å²) in [5.74, 6) is 1.44. The van der Waals surface area contributed by atoms with Crippen LogP contribution in [0.15, 0.2) is 69.5 Å². The average Bonchev–Trinajstić information content (AvgIpc) is 3.32. The minimum absolute atomic E-state index is 0.297. The van der Waals surface area contributed by atoms with Crippen molar-refractivity contribution in [2.45, 2.75) is 17.6 Å². The minimum atomic E-state index is -0.297. The Balaban J connectivity index is 1.46. The average molecular weight is 453 g/mol. The highest BCUT2D eigenvalue weighted by Crippen LogP contribution is 2.28. The first kappa shape index (κ1) is 17.7. The van der Waals surface area contributed by atoms with Gasteiger partial charge in [0.15, 0.2) is 5.82 Å². The quantitative estimate of drug-likeness (QED) is 0.487. The lowest BCUT2D eigenvalue weighted by molar-refractivity contribution is 0.608. The van der Waals surface area contributed by atoms with Gasteiger partial charge in [-0.3, -0.25) is 0 Å². The third-order valence-electron chi connectivity index (χ3n) is 4.82. The van der Waals surface area contributed by atoms with Gasteiger partial charge in [-0.25, -0.2) is 0 Å². The molecule has 0 saturated heterocycles. The van der Waals surface area contributed by atoms with Gasteiger partial charge in [0.05, 0.1) is 11.8 Å². The predicted molar refractivity (Wildman–Crippen MR) is 116 cm³/mol. The third kappa shape index (κ3) is 3.17. The summed E-state index contributed by atoms with van der Waals surface area (Å²) < 4.78 is 2.84. The summed E-state index contributed by atoms with van der Waals surface area (Å²) >= 11 is 5.11. The maximum absolute atomic E-state index is 6.53. The molecule has 4 aromatic rings. The van der Waals surface area contributed by atoms with E-state index in [1.165, 1.54) is 10.9 Å². The van der Waals surface area contributed by atoms with Gasteiger partial charge in [0.1, 0.15) is 0 Å². The zero-order chi connectivity index (χ0) is 19.1. The summed E-state index contributed by atoms with van der Waals surface area (Å²) in [6.45, 7) is 0. The van der Waals surface area contributed by atoms with Crippen LogP contribution in [0.1, 0.15) is 23.0 Å². The fourth-order valence-electron chi connectivity index (χ4n) is 3.39. The molecular weight excluding hydrogens is 436 g/mol. The van der Waals surface area contributed by atoms with Crippen molar-refractivity contribution in [2.75, 3.05) is 5.75 Å². The molecule has 5 rings (SSSR count). The number of nitrogens with zero attached hydrogens (tertiary/aromatic N) is 4. The number of hydrogen-bond acceptors (Lipinski definition) is 5. The van der Waals surface area contributed by atoms with Crippen molar-refractivity contribution in [3.63, 3.8) is 0 Å².